The van der Waals surface area contributed by atoms with E-state index in [2.05, 4.69) is 0 Å². The normalized spacial score (nSPS) is 0. The summed E-state index contributed by atoms with van der Waals surface area (Å²) in [6, 6.07) is 0. The maximum Gasteiger partial charge on any atom is 0 e. The van der Waals surface area contributed by atoms with Crippen LogP contribution in [0.1, 0.15) is 0 Å². The van der Waals surface area contributed by atoms with E-state index in [0.717, 1.165) is 0 Å². The van der Waals surface area contributed by atoms with E-state index < -0.39 is 0 Å². The number of hydrogen-bond donors (Lipinski definition) is 0. The Labute approximate surface area is 108 Å². The molecule has 0 heterocycles. The monoisotopic (exact) mass is 476 g/mol. The molecule has 0 aromatic heterocycles. The maximum atomic E-state index is 0. The molecular weight excluding hydrogens is 473 g/mol. The fourth-order valence-electron chi connectivity index (χ4n) is 0. The minimum atomic E-state index is 0. The first kappa shape index (κ1) is 26.3. The van der Waals surface area contributed by atoms with Crippen molar-refractivity contribution in [2.24, 2.45) is 0 Å². The van der Waals surface area contributed by atoms with Crippen LogP contribution in [0.25, 0.3) is 0 Å². The third-order valence-corrected chi connectivity index (χ3v) is 0. The molecule has 0 aliphatic rings. The van der Waals surface area contributed by atoms with Crippen LogP contribution in [-0.2, 0) is 21.1 Å². The van der Waals surface area contributed by atoms with Crippen molar-refractivity contribution in [3.8, 4) is 0 Å². The molecule has 0 N–H and O–H groups in total. The van der Waals surface area contributed by atoms with Crippen molar-refractivity contribution in [1.29, 1.82) is 0 Å². The van der Waals surface area contributed by atoms with E-state index in [9.17, 15) is 0 Å². The summed E-state index contributed by atoms with van der Waals surface area (Å²) >= 11 is 0. The molecule has 4 heavy (non-hydrogen) atoms. The van der Waals surface area contributed by atoms with Gasteiger partial charge in [-0.25, -0.2) is 0 Å². The summed E-state index contributed by atoms with van der Waals surface area (Å²) in [7, 11) is 0. The molecule has 0 saturated heterocycles. The average Bonchev–Trinajstić information content (AvgIpc) is 0. The van der Waals surface area contributed by atoms with Crippen LogP contribution >= 0.6 is 0 Å². The van der Waals surface area contributed by atoms with Crippen molar-refractivity contribution in [2.75, 3.05) is 0 Å². The zero-order valence-corrected chi connectivity index (χ0v) is 13.1. The molecule has 0 aromatic carbocycles. The first-order valence-corrected chi connectivity index (χ1v) is 0. The van der Waals surface area contributed by atoms with Crippen LogP contribution in [0.3, 0.4) is 0 Å². The van der Waals surface area contributed by atoms with Crippen LogP contribution in [0, 0.1) is 38.5 Å². The van der Waals surface area contributed by atoms with Gasteiger partial charge in [-0.3, -0.25) is 0 Å². The Kier molecular flexibility index (Phi) is 106. The largest absolute Gasteiger partial charge is 0.358 e. The van der Waals surface area contributed by atoms with Gasteiger partial charge < -0.3 is 7.43 Å². The average molecular weight is 476 g/mol. The summed E-state index contributed by atoms with van der Waals surface area (Å²) in [6.07, 6.45) is 0. The fraction of sp³-hybridized carbons (Fsp3) is 0. The van der Waals surface area contributed by atoms with E-state index in [1.807, 2.05) is 0 Å². The minimum absolute atomic E-state index is 0. The molecule has 0 unspecified atom stereocenters. The molecule has 0 bridgehead atoms. The van der Waals surface area contributed by atoms with Gasteiger partial charge in [-0.05, 0) is 0 Å². The van der Waals surface area contributed by atoms with Crippen LogP contribution in [-0.4, -0.2) is 51.4 Å². The summed E-state index contributed by atoms with van der Waals surface area (Å²) < 4.78 is 0. The molecule has 19 valence electrons. The van der Waals surface area contributed by atoms with Crippen LogP contribution in [0.15, 0.2) is 0 Å². The molecule has 0 aromatic rings. The van der Waals surface area contributed by atoms with E-state index in [1.54, 1.807) is 0 Å². The second kappa shape index (κ2) is 16.2. The van der Waals surface area contributed by atoms with E-state index in [-0.39, 0.29) is 111 Å². The van der Waals surface area contributed by atoms with Crippen molar-refractivity contribution in [1.82, 2.24) is 0 Å². The Morgan fingerprint density at radius 1 is 1.00 bits per heavy atom. The molecule has 0 saturated carbocycles. The Morgan fingerprint density at radius 2 is 1.00 bits per heavy atom. The van der Waals surface area contributed by atoms with Crippen LogP contribution < -0.4 is 0 Å². The number of hydrogen-bond acceptors (Lipinski definition) is 0. The second-order valence-corrected chi connectivity index (χ2v) is 0. The van der Waals surface area contributed by atoms with Crippen molar-refractivity contribution in [3.05, 3.63) is 7.43 Å². The van der Waals surface area contributed by atoms with Gasteiger partial charge in [0.15, 0.2) is 0 Å². The molecule has 0 nitrogen and oxygen atoms in total. The molecule has 0 amide bonds. The van der Waals surface area contributed by atoms with E-state index in [1.165, 1.54) is 0 Å². The standard InChI is InChI=1S/CH3.K.U.W/h1H3;;;/q-1;;;. The summed E-state index contributed by atoms with van der Waals surface area (Å²) in [5.74, 6) is 0. The van der Waals surface area contributed by atoms with Gasteiger partial charge in [-0.2, -0.15) is 0 Å². The van der Waals surface area contributed by atoms with Gasteiger partial charge in [0, 0.05) is 104 Å². The Hall–Kier alpha value is 3.38. The summed E-state index contributed by atoms with van der Waals surface area (Å²) in [6.45, 7) is 0. The summed E-state index contributed by atoms with van der Waals surface area (Å²) in [5.41, 5.74) is 0. The van der Waals surface area contributed by atoms with Gasteiger partial charge in [0.05, 0.1) is 0 Å². The maximum absolute atomic E-state index is 0. The van der Waals surface area contributed by atoms with Gasteiger partial charge >= 0.3 is 0 Å². The summed E-state index contributed by atoms with van der Waals surface area (Å²) in [5, 5.41) is 0. The van der Waals surface area contributed by atoms with Gasteiger partial charge in [0.25, 0.3) is 0 Å². The fourth-order valence-corrected chi connectivity index (χ4v) is 0. The van der Waals surface area contributed by atoms with E-state index in [0.29, 0.717) is 0 Å². The SMILES string of the molecule is [CH3-].[K].[U].[W]. The first-order chi connectivity index (χ1) is 0. The molecule has 0 spiro atoms. The molecule has 0 aliphatic carbocycles. The predicted molar refractivity (Wildman–Crippen MR) is 12.2 cm³/mol. The molecule has 3 heteroatoms. The minimum Gasteiger partial charge on any atom is -0.358 e. The zero-order valence-electron chi connectivity index (χ0n) is 2.91. The van der Waals surface area contributed by atoms with Gasteiger partial charge in [0.2, 0.25) is 0 Å². The predicted octanol–water partition coefficient (Wildman–Crippen LogP) is 0.0670. The topological polar surface area (TPSA) is 0 Å². The van der Waals surface area contributed by atoms with Crippen molar-refractivity contribution >= 4 is 51.4 Å². The van der Waals surface area contributed by atoms with Crippen molar-refractivity contribution in [3.63, 3.8) is 0 Å². The Bertz CT molecular complexity index is 8.00. The molecule has 0 aliphatic heterocycles. The molecule has 1 radical (unpaired) electrons. The third kappa shape index (κ3) is 9.03. The Morgan fingerprint density at radius 3 is 1.00 bits per heavy atom. The Balaban J connectivity index is 0. The van der Waals surface area contributed by atoms with E-state index in [4.69, 9.17) is 0 Å². The zero-order chi connectivity index (χ0) is 0. The van der Waals surface area contributed by atoms with Crippen LogP contribution in [0.5, 0.6) is 0 Å². The van der Waals surface area contributed by atoms with Crippen LogP contribution in [0.4, 0.5) is 0 Å². The van der Waals surface area contributed by atoms with Gasteiger partial charge in [0.1, 0.15) is 0 Å². The van der Waals surface area contributed by atoms with Gasteiger partial charge in [-0.1, -0.05) is 0 Å². The van der Waals surface area contributed by atoms with Crippen LogP contribution in [0.2, 0.25) is 0 Å². The van der Waals surface area contributed by atoms with E-state index >= 15 is 0 Å². The molecule has 0 fully saturated rings. The van der Waals surface area contributed by atoms with Gasteiger partial charge in [-0.15, -0.1) is 0 Å². The second-order valence-electron chi connectivity index (χ2n) is 0. The molecule has 0 atom stereocenters. The molecular formula is CH3KUW-. The quantitative estimate of drug-likeness (QED) is 0.343. The van der Waals surface area contributed by atoms with Crippen molar-refractivity contribution in [2.45, 2.75) is 0 Å². The molecule has 0 rings (SSSR count). The van der Waals surface area contributed by atoms with Crippen molar-refractivity contribution < 1.29 is 52.2 Å². The first-order valence-electron chi connectivity index (χ1n) is 0. The third-order valence-electron chi connectivity index (χ3n) is 0. The smallest absolute Gasteiger partial charge is 0 e. The number of rotatable bonds is 0. The summed E-state index contributed by atoms with van der Waals surface area (Å²) in [4.78, 5) is 0.